The van der Waals surface area contributed by atoms with Gasteiger partial charge in [-0.15, -0.1) is 11.3 Å². The van der Waals surface area contributed by atoms with Crippen molar-refractivity contribution in [2.75, 3.05) is 0 Å². The third kappa shape index (κ3) is 7.14. The first-order valence-corrected chi connectivity index (χ1v) is 9.97. The van der Waals surface area contributed by atoms with E-state index in [9.17, 15) is 14.4 Å². The topological polar surface area (TPSA) is 141 Å². The molecule has 2 aromatic rings. The number of carboxylic acids is 1. The number of ether oxygens (including phenoxy) is 2. The van der Waals surface area contributed by atoms with Crippen molar-refractivity contribution in [3.05, 3.63) is 22.3 Å². The van der Waals surface area contributed by atoms with Gasteiger partial charge in [-0.2, -0.15) is 0 Å². The summed E-state index contributed by atoms with van der Waals surface area (Å²) in [6.45, 7) is 10.3. The lowest BCUT2D eigenvalue weighted by molar-refractivity contribution is -0.157. The Morgan fingerprint density at radius 3 is 2.30 bits per heavy atom. The third-order valence-corrected chi connectivity index (χ3v) is 4.13. The first kappa shape index (κ1) is 23.3. The molecule has 0 fully saturated rings. The Labute approximate surface area is 177 Å². The van der Waals surface area contributed by atoms with Crippen molar-refractivity contribution >= 4 is 29.4 Å². The molecule has 0 saturated carbocycles. The summed E-state index contributed by atoms with van der Waals surface area (Å²) in [7, 11) is 0. The number of carbonyl (C=O) groups is 3. The van der Waals surface area contributed by atoms with E-state index < -0.39 is 35.3 Å². The Morgan fingerprint density at radius 2 is 1.77 bits per heavy atom. The number of nitrogens with zero attached hydrogens (tertiary/aromatic N) is 2. The van der Waals surface area contributed by atoms with E-state index in [-0.39, 0.29) is 18.0 Å². The number of oxazole rings is 1. The van der Waals surface area contributed by atoms with Crippen molar-refractivity contribution in [1.29, 1.82) is 0 Å². The minimum Gasteiger partial charge on any atom is -0.476 e. The van der Waals surface area contributed by atoms with Gasteiger partial charge in [0, 0.05) is 11.8 Å². The van der Waals surface area contributed by atoms with Gasteiger partial charge in [-0.25, -0.2) is 24.4 Å². The zero-order chi connectivity index (χ0) is 22.7. The third-order valence-electron chi connectivity index (χ3n) is 3.26. The SMILES string of the molecule is CC(C)(C)OC(=O)N[C@@H](Cc1nc(-c2nc(C(=O)O)co2)cs1)C(=O)OC(C)(C)C. The molecule has 0 radical (unpaired) electrons. The summed E-state index contributed by atoms with van der Waals surface area (Å²) >= 11 is 1.21. The minimum absolute atomic E-state index is 0.0452. The molecule has 1 amide bonds. The Bertz CT molecular complexity index is 921. The van der Waals surface area contributed by atoms with Gasteiger partial charge in [0.2, 0.25) is 5.89 Å². The van der Waals surface area contributed by atoms with E-state index in [0.29, 0.717) is 10.7 Å². The highest BCUT2D eigenvalue weighted by Gasteiger charge is 2.30. The number of rotatable bonds is 6. The number of carboxylic acid groups (broad SMARTS) is 1. The molecule has 0 aliphatic carbocycles. The molecular formula is C19H25N3O7S. The van der Waals surface area contributed by atoms with E-state index in [2.05, 4.69) is 15.3 Å². The average Bonchev–Trinajstić information content (AvgIpc) is 3.19. The number of aromatic nitrogens is 2. The van der Waals surface area contributed by atoms with E-state index in [4.69, 9.17) is 19.0 Å². The summed E-state index contributed by atoms with van der Waals surface area (Å²) in [6.07, 6.45) is 0.309. The van der Waals surface area contributed by atoms with Crippen LogP contribution in [0.2, 0.25) is 0 Å². The number of alkyl carbamates (subject to hydrolysis) is 1. The molecule has 1 atom stereocenters. The summed E-state index contributed by atoms with van der Waals surface area (Å²) in [4.78, 5) is 43.9. The van der Waals surface area contributed by atoms with Crippen LogP contribution in [0.25, 0.3) is 11.6 Å². The lowest BCUT2D eigenvalue weighted by Crippen LogP contribution is -2.47. The lowest BCUT2D eigenvalue weighted by atomic mass is 10.1. The van der Waals surface area contributed by atoms with Crippen LogP contribution in [0, 0.1) is 0 Å². The number of nitrogens with one attached hydrogen (secondary N) is 1. The molecule has 0 bridgehead atoms. The van der Waals surface area contributed by atoms with Gasteiger partial charge in [0.05, 0.1) is 5.01 Å². The van der Waals surface area contributed by atoms with Crippen LogP contribution in [0.5, 0.6) is 0 Å². The molecule has 2 N–H and O–H groups in total. The predicted octanol–water partition coefficient (Wildman–Crippen LogP) is 3.27. The summed E-state index contributed by atoms with van der Waals surface area (Å²) in [5.74, 6) is -1.80. The number of aromatic carboxylic acids is 1. The molecule has 0 spiro atoms. The van der Waals surface area contributed by atoms with Crippen LogP contribution in [0.3, 0.4) is 0 Å². The zero-order valence-electron chi connectivity index (χ0n) is 17.6. The van der Waals surface area contributed by atoms with Crippen molar-refractivity contribution in [2.45, 2.75) is 65.2 Å². The van der Waals surface area contributed by atoms with Gasteiger partial charge in [-0.05, 0) is 41.5 Å². The molecule has 2 aromatic heterocycles. The quantitative estimate of drug-likeness (QED) is 0.649. The number of hydrogen-bond acceptors (Lipinski definition) is 9. The van der Waals surface area contributed by atoms with Gasteiger partial charge in [-0.3, -0.25) is 0 Å². The van der Waals surface area contributed by atoms with Crippen LogP contribution in [0.15, 0.2) is 16.1 Å². The van der Waals surface area contributed by atoms with Gasteiger partial charge in [0.1, 0.15) is 29.2 Å². The van der Waals surface area contributed by atoms with E-state index >= 15 is 0 Å². The summed E-state index contributed by atoms with van der Waals surface area (Å²) < 4.78 is 15.8. The number of amides is 1. The van der Waals surface area contributed by atoms with E-state index in [1.54, 1.807) is 46.9 Å². The first-order valence-electron chi connectivity index (χ1n) is 9.09. The van der Waals surface area contributed by atoms with Crippen LogP contribution >= 0.6 is 11.3 Å². The van der Waals surface area contributed by atoms with Crippen LogP contribution < -0.4 is 5.32 Å². The molecule has 11 heteroatoms. The van der Waals surface area contributed by atoms with Crippen LogP contribution in [0.1, 0.15) is 57.0 Å². The second-order valence-electron chi connectivity index (χ2n) is 8.41. The number of thiazole rings is 1. The molecule has 0 aliphatic rings. The van der Waals surface area contributed by atoms with Gasteiger partial charge in [0.15, 0.2) is 5.69 Å². The monoisotopic (exact) mass is 439 g/mol. The van der Waals surface area contributed by atoms with Gasteiger partial charge in [-0.1, -0.05) is 0 Å². The van der Waals surface area contributed by atoms with Crippen molar-refractivity contribution in [2.24, 2.45) is 0 Å². The minimum atomic E-state index is -1.22. The van der Waals surface area contributed by atoms with Crippen molar-refractivity contribution in [3.8, 4) is 11.6 Å². The fourth-order valence-electron chi connectivity index (χ4n) is 2.18. The lowest BCUT2D eigenvalue weighted by Gasteiger charge is -2.25. The molecular weight excluding hydrogens is 414 g/mol. The average molecular weight is 439 g/mol. The fraction of sp³-hybridized carbons (Fsp3) is 0.526. The van der Waals surface area contributed by atoms with Crippen LogP contribution in [-0.2, 0) is 20.7 Å². The Hall–Kier alpha value is -2.95. The van der Waals surface area contributed by atoms with E-state index in [1.165, 1.54) is 11.3 Å². The standard InChI is InChI=1S/C19H25N3O7S/c1-18(2,3)28-16(25)10(22-17(26)29-19(4,5)6)7-13-20-12(9-30-13)14-21-11(8-27-14)15(23)24/h8-10H,7H2,1-6H3,(H,22,26)(H,23,24)/t10-/m0/s1. The molecule has 2 heterocycles. The maximum absolute atomic E-state index is 12.6. The van der Waals surface area contributed by atoms with Gasteiger partial charge >= 0.3 is 18.0 Å². The molecule has 10 nitrogen and oxygen atoms in total. The van der Waals surface area contributed by atoms with Crippen LogP contribution in [-0.4, -0.2) is 50.4 Å². The molecule has 0 saturated heterocycles. The number of esters is 1. The second kappa shape index (κ2) is 8.82. The van der Waals surface area contributed by atoms with E-state index in [1.807, 2.05) is 0 Å². The zero-order valence-corrected chi connectivity index (χ0v) is 18.5. The Kier molecular flexibility index (Phi) is 6.86. The largest absolute Gasteiger partial charge is 0.476 e. The molecule has 0 aromatic carbocycles. The Morgan fingerprint density at radius 1 is 1.13 bits per heavy atom. The normalized spacial score (nSPS) is 12.9. The first-order chi connectivity index (χ1) is 13.7. The predicted molar refractivity (Wildman–Crippen MR) is 107 cm³/mol. The van der Waals surface area contributed by atoms with Crippen molar-refractivity contribution in [3.63, 3.8) is 0 Å². The molecule has 0 unspecified atom stereocenters. The molecule has 164 valence electrons. The fourth-order valence-corrected chi connectivity index (χ4v) is 3.00. The number of carbonyl (C=O) groups excluding carboxylic acids is 2. The van der Waals surface area contributed by atoms with Crippen molar-refractivity contribution in [1.82, 2.24) is 15.3 Å². The van der Waals surface area contributed by atoms with Crippen LogP contribution in [0.4, 0.5) is 4.79 Å². The maximum Gasteiger partial charge on any atom is 0.408 e. The second-order valence-corrected chi connectivity index (χ2v) is 9.35. The summed E-state index contributed by atoms with van der Waals surface area (Å²) in [5.41, 5.74) is -1.39. The number of hydrogen-bond donors (Lipinski definition) is 2. The van der Waals surface area contributed by atoms with Gasteiger partial charge in [0.25, 0.3) is 0 Å². The maximum atomic E-state index is 12.6. The molecule has 2 rings (SSSR count). The highest BCUT2D eigenvalue weighted by atomic mass is 32.1. The van der Waals surface area contributed by atoms with Crippen molar-refractivity contribution < 1.29 is 33.4 Å². The highest BCUT2D eigenvalue weighted by molar-refractivity contribution is 7.09. The molecule has 0 aliphatic heterocycles. The van der Waals surface area contributed by atoms with Gasteiger partial charge < -0.3 is 24.3 Å². The van der Waals surface area contributed by atoms with E-state index in [0.717, 1.165) is 6.26 Å². The summed E-state index contributed by atoms with van der Waals surface area (Å²) in [5, 5.41) is 13.6. The smallest absolute Gasteiger partial charge is 0.408 e. The highest BCUT2D eigenvalue weighted by Crippen LogP contribution is 2.23. The Balaban J connectivity index is 2.18. The molecule has 30 heavy (non-hydrogen) atoms. The summed E-state index contributed by atoms with van der Waals surface area (Å²) in [6, 6.07) is -1.03.